The number of rotatable bonds is 5. The lowest BCUT2D eigenvalue weighted by atomic mass is 10.3. The Bertz CT molecular complexity index is 534. The third kappa shape index (κ3) is 2.45. The average molecular weight is 234 g/mol. The van der Waals surface area contributed by atoms with Crippen molar-refractivity contribution in [2.75, 3.05) is 13.7 Å². The Morgan fingerprint density at radius 2 is 2.41 bits per heavy atom. The fourth-order valence-electron chi connectivity index (χ4n) is 1.77. The van der Waals surface area contributed by atoms with Crippen LogP contribution in [0.5, 0.6) is 0 Å². The first-order chi connectivity index (χ1) is 8.22. The Hall–Kier alpha value is -1.88. The molecule has 0 saturated heterocycles. The number of fused-ring (bicyclic) bond motifs is 1. The largest absolute Gasteiger partial charge is 0.477 e. The molecule has 0 aliphatic rings. The van der Waals surface area contributed by atoms with Gasteiger partial charge in [-0.25, -0.2) is 9.78 Å². The van der Waals surface area contributed by atoms with Gasteiger partial charge in [0, 0.05) is 38.0 Å². The molecule has 0 fully saturated rings. The summed E-state index contributed by atoms with van der Waals surface area (Å²) in [6.45, 7) is 1.50. The minimum absolute atomic E-state index is 0.0733. The molecular formula is C12H14N2O3. The van der Waals surface area contributed by atoms with Crippen LogP contribution in [0.4, 0.5) is 0 Å². The molecular weight excluding hydrogens is 220 g/mol. The number of carboxylic acids is 1. The lowest BCUT2D eigenvalue weighted by Gasteiger charge is -2.05. The van der Waals surface area contributed by atoms with Gasteiger partial charge in [0.1, 0.15) is 5.69 Å². The maximum atomic E-state index is 10.8. The van der Waals surface area contributed by atoms with Crippen LogP contribution in [0.25, 0.3) is 10.9 Å². The van der Waals surface area contributed by atoms with E-state index in [4.69, 9.17) is 9.84 Å². The predicted molar refractivity (Wildman–Crippen MR) is 63.2 cm³/mol. The second kappa shape index (κ2) is 4.97. The number of hydrogen-bond donors (Lipinski definition) is 1. The normalized spacial score (nSPS) is 10.9. The summed E-state index contributed by atoms with van der Waals surface area (Å²) in [6.07, 6.45) is 4.42. The van der Waals surface area contributed by atoms with E-state index >= 15 is 0 Å². The summed E-state index contributed by atoms with van der Waals surface area (Å²) in [4.78, 5) is 14.7. The van der Waals surface area contributed by atoms with Crippen molar-refractivity contribution in [3.8, 4) is 0 Å². The van der Waals surface area contributed by atoms with E-state index in [1.165, 1.54) is 0 Å². The summed E-state index contributed by atoms with van der Waals surface area (Å²) in [5.74, 6) is -1.00. The zero-order valence-electron chi connectivity index (χ0n) is 9.59. The van der Waals surface area contributed by atoms with E-state index in [0.717, 1.165) is 23.9 Å². The highest BCUT2D eigenvalue weighted by atomic mass is 16.5. The molecule has 90 valence electrons. The second-order valence-corrected chi connectivity index (χ2v) is 3.79. The molecule has 1 N–H and O–H groups in total. The topological polar surface area (TPSA) is 64.4 Å². The smallest absolute Gasteiger partial charge is 0.354 e. The zero-order chi connectivity index (χ0) is 12.3. The molecule has 0 aromatic carbocycles. The number of carbonyl (C=O) groups is 1. The summed E-state index contributed by atoms with van der Waals surface area (Å²) in [5, 5.41) is 9.85. The molecule has 0 aliphatic carbocycles. The molecule has 0 amide bonds. The first-order valence-electron chi connectivity index (χ1n) is 5.39. The molecule has 0 bridgehead atoms. The zero-order valence-corrected chi connectivity index (χ0v) is 9.59. The van der Waals surface area contributed by atoms with Gasteiger partial charge in [0.2, 0.25) is 0 Å². The maximum absolute atomic E-state index is 10.8. The quantitative estimate of drug-likeness (QED) is 0.801. The van der Waals surface area contributed by atoms with Gasteiger partial charge in [-0.2, -0.15) is 0 Å². The van der Waals surface area contributed by atoms with Crippen LogP contribution in [-0.2, 0) is 11.3 Å². The monoisotopic (exact) mass is 234 g/mol. The summed E-state index contributed by atoms with van der Waals surface area (Å²) >= 11 is 0. The Labute approximate surface area is 98.6 Å². The number of aromatic nitrogens is 2. The van der Waals surface area contributed by atoms with Crippen LogP contribution in [0.3, 0.4) is 0 Å². The number of pyridine rings is 1. The van der Waals surface area contributed by atoms with Crippen molar-refractivity contribution in [2.45, 2.75) is 13.0 Å². The molecule has 17 heavy (non-hydrogen) atoms. The van der Waals surface area contributed by atoms with E-state index in [9.17, 15) is 4.79 Å². The van der Waals surface area contributed by atoms with Crippen LogP contribution in [0.15, 0.2) is 24.5 Å². The first-order valence-corrected chi connectivity index (χ1v) is 5.39. The summed E-state index contributed by atoms with van der Waals surface area (Å²) in [7, 11) is 1.67. The number of carboxylic acid groups (broad SMARTS) is 1. The van der Waals surface area contributed by atoms with Crippen molar-refractivity contribution in [2.24, 2.45) is 0 Å². The standard InChI is InChI=1S/C12H14N2O3/c1-17-6-2-4-14-5-3-9-8-13-10(12(15)16)7-11(9)14/h3,5,7-8H,2,4,6H2,1H3,(H,15,16). The summed E-state index contributed by atoms with van der Waals surface area (Å²) in [6, 6.07) is 3.53. The van der Waals surface area contributed by atoms with E-state index in [-0.39, 0.29) is 5.69 Å². The van der Waals surface area contributed by atoms with E-state index in [0.29, 0.717) is 6.61 Å². The number of hydrogen-bond acceptors (Lipinski definition) is 3. The van der Waals surface area contributed by atoms with Gasteiger partial charge in [0.25, 0.3) is 0 Å². The highest BCUT2D eigenvalue weighted by Gasteiger charge is 2.08. The second-order valence-electron chi connectivity index (χ2n) is 3.79. The van der Waals surface area contributed by atoms with Crippen LogP contribution >= 0.6 is 0 Å². The fraction of sp³-hybridized carbons (Fsp3) is 0.333. The molecule has 5 heteroatoms. The maximum Gasteiger partial charge on any atom is 0.354 e. The van der Waals surface area contributed by atoms with Gasteiger partial charge in [-0.05, 0) is 18.6 Å². The molecule has 2 heterocycles. The number of aromatic carboxylic acids is 1. The number of nitrogens with zero attached hydrogens (tertiary/aromatic N) is 2. The predicted octanol–water partition coefficient (Wildman–Crippen LogP) is 1.77. The lowest BCUT2D eigenvalue weighted by Crippen LogP contribution is -2.03. The van der Waals surface area contributed by atoms with Gasteiger partial charge in [0.05, 0.1) is 5.52 Å². The molecule has 0 radical (unpaired) electrons. The summed E-state index contributed by atoms with van der Waals surface area (Å²) < 4.78 is 7.01. The molecule has 2 rings (SSSR count). The van der Waals surface area contributed by atoms with E-state index in [1.807, 2.05) is 16.8 Å². The van der Waals surface area contributed by atoms with Gasteiger partial charge in [0.15, 0.2) is 0 Å². The van der Waals surface area contributed by atoms with Crippen molar-refractivity contribution in [3.05, 3.63) is 30.2 Å². The molecule has 0 spiro atoms. The summed E-state index contributed by atoms with van der Waals surface area (Å²) in [5.41, 5.74) is 0.970. The Kier molecular flexibility index (Phi) is 3.39. The van der Waals surface area contributed by atoms with E-state index < -0.39 is 5.97 Å². The van der Waals surface area contributed by atoms with Crippen LogP contribution in [0, 0.1) is 0 Å². The molecule has 0 unspecified atom stereocenters. The number of aryl methyl sites for hydroxylation is 1. The highest BCUT2D eigenvalue weighted by molar-refractivity contribution is 5.90. The van der Waals surface area contributed by atoms with Crippen molar-refractivity contribution < 1.29 is 14.6 Å². The van der Waals surface area contributed by atoms with Gasteiger partial charge >= 0.3 is 5.97 Å². The molecule has 2 aromatic rings. The van der Waals surface area contributed by atoms with Crippen LogP contribution in [0.2, 0.25) is 0 Å². The van der Waals surface area contributed by atoms with Gasteiger partial charge in [-0.3, -0.25) is 0 Å². The van der Waals surface area contributed by atoms with E-state index in [1.54, 1.807) is 19.4 Å². The minimum Gasteiger partial charge on any atom is -0.477 e. The van der Waals surface area contributed by atoms with Gasteiger partial charge in [-0.15, -0.1) is 0 Å². The molecule has 2 aromatic heterocycles. The Balaban J connectivity index is 2.30. The van der Waals surface area contributed by atoms with Crippen molar-refractivity contribution in [3.63, 3.8) is 0 Å². The SMILES string of the molecule is COCCCn1ccc2cnc(C(=O)O)cc21. The Morgan fingerprint density at radius 3 is 3.12 bits per heavy atom. The van der Waals surface area contributed by atoms with E-state index in [2.05, 4.69) is 4.98 Å². The first kappa shape index (κ1) is 11.6. The lowest BCUT2D eigenvalue weighted by molar-refractivity contribution is 0.0690. The average Bonchev–Trinajstić information content (AvgIpc) is 2.72. The Morgan fingerprint density at radius 1 is 1.59 bits per heavy atom. The van der Waals surface area contributed by atoms with Crippen LogP contribution in [0.1, 0.15) is 16.9 Å². The van der Waals surface area contributed by atoms with Gasteiger partial charge in [-0.1, -0.05) is 0 Å². The number of methoxy groups -OCH3 is 1. The fourth-order valence-corrected chi connectivity index (χ4v) is 1.77. The highest BCUT2D eigenvalue weighted by Crippen LogP contribution is 2.16. The minimum atomic E-state index is -1.00. The third-order valence-electron chi connectivity index (χ3n) is 2.62. The van der Waals surface area contributed by atoms with Gasteiger partial charge < -0.3 is 14.4 Å². The van der Waals surface area contributed by atoms with Crippen molar-refractivity contribution in [1.82, 2.24) is 9.55 Å². The molecule has 0 saturated carbocycles. The number of ether oxygens (including phenoxy) is 1. The van der Waals surface area contributed by atoms with Crippen LogP contribution in [-0.4, -0.2) is 34.3 Å². The molecule has 0 aliphatic heterocycles. The molecule has 5 nitrogen and oxygen atoms in total. The van der Waals surface area contributed by atoms with Crippen LogP contribution < -0.4 is 0 Å². The molecule has 0 atom stereocenters. The van der Waals surface area contributed by atoms with Crippen molar-refractivity contribution >= 4 is 16.9 Å². The van der Waals surface area contributed by atoms with Crippen molar-refractivity contribution in [1.29, 1.82) is 0 Å². The third-order valence-corrected chi connectivity index (χ3v) is 2.62.